The molecule has 0 N–H and O–H groups in total. The summed E-state index contributed by atoms with van der Waals surface area (Å²) >= 11 is 1.23. The van der Waals surface area contributed by atoms with E-state index in [1.165, 1.54) is 11.8 Å². The van der Waals surface area contributed by atoms with Crippen LogP contribution in [0.25, 0.3) is 11.1 Å². The van der Waals surface area contributed by atoms with Crippen molar-refractivity contribution in [3.8, 4) is 11.1 Å². The van der Waals surface area contributed by atoms with Crippen LogP contribution in [-0.4, -0.2) is 34.7 Å². The zero-order chi connectivity index (χ0) is 24.0. The molecule has 3 aromatic carbocycles. The van der Waals surface area contributed by atoms with Crippen LogP contribution in [0, 0.1) is 0 Å². The molecule has 34 heavy (non-hydrogen) atoms. The van der Waals surface area contributed by atoms with E-state index in [1.54, 1.807) is 41.0 Å². The summed E-state index contributed by atoms with van der Waals surface area (Å²) in [5.41, 5.74) is 2.74. The summed E-state index contributed by atoms with van der Waals surface area (Å²) in [5, 5.41) is 8.72. The number of nitrogens with zero attached hydrogens (tertiary/aromatic N) is 3. The van der Waals surface area contributed by atoms with Gasteiger partial charge in [0.05, 0.1) is 10.6 Å². The Labute approximate surface area is 203 Å². The van der Waals surface area contributed by atoms with Crippen molar-refractivity contribution < 1.29 is 13.2 Å². The van der Waals surface area contributed by atoms with Gasteiger partial charge in [-0.2, -0.15) is 0 Å². The lowest BCUT2D eigenvalue weighted by atomic mass is 10.0. The maximum Gasteiger partial charge on any atom is 0.191 e. The molecule has 0 bridgehead atoms. The molecule has 1 heterocycles. The molecule has 0 fully saturated rings. The van der Waals surface area contributed by atoms with Crippen molar-refractivity contribution in [2.75, 3.05) is 5.75 Å². The highest BCUT2D eigenvalue weighted by molar-refractivity contribution is 7.99. The molecule has 0 unspecified atom stereocenters. The van der Waals surface area contributed by atoms with E-state index in [2.05, 4.69) is 16.8 Å². The predicted molar refractivity (Wildman–Crippen MR) is 134 cm³/mol. The maximum absolute atomic E-state index is 12.8. The first kappa shape index (κ1) is 23.7. The maximum atomic E-state index is 12.8. The zero-order valence-corrected chi connectivity index (χ0v) is 20.0. The highest BCUT2D eigenvalue weighted by Crippen LogP contribution is 2.23. The van der Waals surface area contributed by atoms with Crippen LogP contribution in [0.2, 0.25) is 0 Å². The van der Waals surface area contributed by atoms with Gasteiger partial charge in [0, 0.05) is 12.1 Å². The third kappa shape index (κ3) is 5.52. The fourth-order valence-electron chi connectivity index (χ4n) is 3.42. The van der Waals surface area contributed by atoms with Crippen LogP contribution in [0.1, 0.15) is 16.2 Å². The SMILES string of the molecule is C=CCn1c(CS(=O)(=O)c2ccccc2)nnc1SCC(=O)c1ccc(-c2ccccc2)cc1. The Hall–Kier alpha value is -3.49. The molecule has 0 spiro atoms. The average molecular weight is 490 g/mol. The van der Waals surface area contributed by atoms with E-state index in [0.29, 0.717) is 23.1 Å². The molecule has 0 saturated carbocycles. The highest BCUT2D eigenvalue weighted by atomic mass is 32.2. The van der Waals surface area contributed by atoms with Crippen LogP contribution in [-0.2, 0) is 22.1 Å². The van der Waals surface area contributed by atoms with Gasteiger partial charge in [-0.05, 0) is 23.3 Å². The summed E-state index contributed by atoms with van der Waals surface area (Å²) in [5.74, 6) is 0.140. The lowest BCUT2D eigenvalue weighted by Crippen LogP contribution is -2.12. The summed E-state index contributed by atoms with van der Waals surface area (Å²) in [6, 6.07) is 25.7. The molecular formula is C26H23N3O3S2. The number of benzene rings is 3. The van der Waals surface area contributed by atoms with E-state index in [0.717, 1.165) is 11.1 Å². The minimum absolute atomic E-state index is 0.0452. The van der Waals surface area contributed by atoms with Crippen LogP contribution < -0.4 is 0 Å². The average Bonchev–Trinajstić information content (AvgIpc) is 3.24. The summed E-state index contributed by atoms with van der Waals surface area (Å²) in [6.07, 6.45) is 1.65. The van der Waals surface area contributed by atoms with Gasteiger partial charge < -0.3 is 4.57 Å². The molecule has 4 rings (SSSR count). The molecule has 4 aromatic rings. The van der Waals surface area contributed by atoms with E-state index in [4.69, 9.17) is 0 Å². The molecule has 0 radical (unpaired) electrons. The van der Waals surface area contributed by atoms with Crippen molar-refractivity contribution in [2.24, 2.45) is 0 Å². The largest absolute Gasteiger partial charge is 0.301 e. The lowest BCUT2D eigenvalue weighted by molar-refractivity contribution is 0.102. The van der Waals surface area contributed by atoms with Crippen molar-refractivity contribution in [2.45, 2.75) is 22.3 Å². The number of hydrogen-bond donors (Lipinski definition) is 0. The van der Waals surface area contributed by atoms with Crippen molar-refractivity contribution in [1.29, 1.82) is 0 Å². The first-order chi connectivity index (χ1) is 16.5. The number of aromatic nitrogens is 3. The quantitative estimate of drug-likeness (QED) is 0.176. The Morgan fingerprint density at radius 1 is 0.882 bits per heavy atom. The van der Waals surface area contributed by atoms with E-state index < -0.39 is 9.84 Å². The normalized spacial score (nSPS) is 11.3. The second-order valence-corrected chi connectivity index (χ2v) is 10.5. The van der Waals surface area contributed by atoms with E-state index >= 15 is 0 Å². The van der Waals surface area contributed by atoms with Gasteiger partial charge in [0.25, 0.3) is 0 Å². The number of allylic oxidation sites excluding steroid dienone is 1. The van der Waals surface area contributed by atoms with Gasteiger partial charge in [-0.25, -0.2) is 8.42 Å². The number of thioether (sulfide) groups is 1. The molecule has 1 aromatic heterocycles. The minimum Gasteiger partial charge on any atom is -0.301 e. The van der Waals surface area contributed by atoms with Crippen molar-refractivity contribution in [3.05, 3.63) is 109 Å². The molecule has 0 amide bonds. The zero-order valence-electron chi connectivity index (χ0n) is 18.4. The molecule has 6 nitrogen and oxygen atoms in total. The monoisotopic (exact) mass is 489 g/mol. The number of carbonyl (C=O) groups excluding carboxylic acids is 1. The minimum atomic E-state index is -3.58. The summed E-state index contributed by atoms with van der Waals surface area (Å²) < 4.78 is 27.2. The number of hydrogen-bond acceptors (Lipinski definition) is 6. The number of ketones is 1. The molecule has 0 aliphatic rings. The van der Waals surface area contributed by atoms with Gasteiger partial charge in [0.15, 0.2) is 20.8 Å². The lowest BCUT2D eigenvalue weighted by Gasteiger charge is -2.08. The highest BCUT2D eigenvalue weighted by Gasteiger charge is 2.21. The Bertz CT molecular complexity index is 1380. The molecule has 172 valence electrons. The van der Waals surface area contributed by atoms with Gasteiger partial charge in [-0.3, -0.25) is 4.79 Å². The van der Waals surface area contributed by atoms with Crippen molar-refractivity contribution in [1.82, 2.24) is 14.8 Å². The van der Waals surface area contributed by atoms with Gasteiger partial charge in [-0.15, -0.1) is 16.8 Å². The van der Waals surface area contributed by atoms with Crippen LogP contribution >= 0.6 is 11.8 Å². The predicted octanol–water partition coefficient (Wildman–Crippen LogP) is 5.08. The summed E-state index contributed by atoms with van der Waals surface area (Å²) in [4.78, 5) is 13.0. The molecule has 0 aliphatic heterocycles. The third-order valence-electron chi connectivity index (χ3n) is 5.17. The van der Waals surface area contributed by atoms with E-state index in [9.17, 15) is 13.2 Å². The molecule has 0 atom stereocenters. The number of rotatable bonds is 10. The molecular weight excluding hydrogens is 466 g/mol. The second-order valence-electron chi connectivity index (χ2n) is 7.53. The summed E-state index contributed by atoms with van der Waals surface area (Å²) in [7, 11) is -3.58. The molecule has 8 heteroatoms. The van der Waals surface area contributed by atoms with E-state index in [1.807, 2.05) is 54.6 Å². The molecule has 0 aliphatic carbocycles. The first-order valence-corrected chi connectivity index (χ1v) is 13.2. The molecule has 0 saturated heterocycles. The standard InChI is InChI=1S/C26H23N3O3S2/c1-2-17-29-25(19-34(31,32)23-11-7-4-8-12-23)27-28-26(29)33-18-24(30)22-15-13-21(14-16-22)20-9-5-3-6-10-20/h2-16H,1,17-19H2. The topological polar surface area (TPSA) is 81.9 Å². The Morgan fingerprint density at radius 2 is 1.50 bits per heavy atom. The third-order valence-corrected chi connectivity index (χ3v) is 7.77. The fraction of sp³-hybridized carbons (Fsp3) is 0.115. The van der Waals surface area contributed by atoms with Crippen molar-refractivity contribution >= 4 is 27.4 Å². The smallest absolute Gasteiger partial charge is 0.191 e. The van der Waals surface area contributed by atoms with Crippen LogP contribution in [0.15, 0.2) is 108 Å². The fourth-order valence-corrected chi connectivity index (χ4v) is 5.57. The van der Waals surface area contributed by atoms with E-state index in [-0.39, 0.29) is 22.2 Å². The van der Waals surface area contributed by atoms with Crippen LogP contribution in [0.5, 0.6) is 0 Å². The number of sulfone groups is 1. The van der Waals surface area contributed by atoms with Crippen LogP contribution in [0.3, 0.4) is 0 Å². The number of Topliss-reactive ketones (excluding diaryl/α,β-unsaturated/α-hetero) is 1. The first-order valence-electron chi connectivity index (χ1n) is 10.6. The Morgan fingerprint density at radius 3 is 2.15 bits per heavy atom. The van der Waals surface area contributed by atoms with Gasteiger partial charge in [0.2, 0.25) is 0 Å². The van der Waals surface area contributed by atoms with Crippen molar-refractivity contribution in [3.63, 3.8) is 0 Å². The van der Waals surface area contributed by atoms with Gasteiger partial charge in [0.1, 0.15) is 11.6 Å². The summed E-state index contributed by atoms with van der Waals surface area (Å²) in [6.45, 7) is 4.09. The Kier molecular flexibility index (Phi) is 7.40. The Balaban J connectivity index is 1.46. The van der Waals surface area contributed by atoms with Gasteiger partial charge >= 0.3 is 0 Å². The second kappa shape index (κ2) is 10.6. The van der Waals surface area contributed by atoms with Gasteiger partial charge in [-0.1, -0.05) is 90.6 Å². The number of carbonyl (C=O) groups is 1. The van der Waals surface area contributed by atoms with Crippen LogP contribution in [0.4, 0.5) is 0 Å².